The van der Waals surface area contributed by atoms with Gasteiger partial charge in [0.05, 0.1) is 28.9 Å². The van der Waals surface area contributed by atoms with Crippen molar-refractivity contribution in [3.8, 4) is 16.9 Å². The van der Waals surface area contributed by atoms with E-state index in [1.165, 1.54) is 6.07 Å². The second-order valence-corrected chi connectivity index (χ2v) is 8.66. The van der Waals surface area contributed by atoms with Gasteiger partial charge in [-0.2, -0.15) is 0 Å². The van der Waals surface area contributed by atoms with E-state index < -0.39 is 29.6 Å². The van der Waals surface area contributed by atoms with Gasteiger partial charge >= 0.3 is 12.1 Å². The SMILES string of the molecule is CCOC(=O)C1CN(C(=O)OC(C)(C)C)c2cc(F)cc(-c3c(Cl)cccc3Cl)c2O1. The third kappa shape index (κ3) is 5.05. The third-order valence-corrected chi connectivity index (χ3v) is 4.96. The molecule has 0 fully saturated rings. The van der Waals surface area contributed by atoms with Crippen molar-refractivity contribution in [1.82, 2.24) is 0 Å². The van der Waals surface area contributed by atoms with E-state index in [1.54, 1.807) is 45.9 Å². The summed E-state index contributed by atoms with van der Waals surface area (Å²) in [5, 5.41) is 0.511. The van der Waals surface area contributed by atoms with Crippen LogP contribution in [0.3, 0.4) is 0 Å². The van der Waals surface area contributed by atoms with Crippen molar-refractivity contribution in [2.75, 3.05) is 18.1 Å². The summed E-state index contributed by atoms with van der Waals surface area (Å²) in [6, 6.07) is 7.16. The third-order valence-electron chi connectivity index (χ3n) is 4.33. The van der Waals surface area contributed by atoms with Crippen LogP contribution in [-0.4, -0.2) is 36.9 Å². The number of halogens is 3. The fourth-order valence-electron chi connectivity index (χ4n) is 3.14. The molecule has 0 bridgehead atoms. The number of rotatable bonds is 3. The van der Waals surface area contributed by atoms with Crippen molar-refractivity contribution in [1.29, 1.82) is 0 Å². The summed E-state index contributed by atoms with van der Waals surface area (Å²) in [6.45, 7) is 6.69. The van der Waals surface area contributed by atoms with Crippen LogP contribution in [0.25, 0.3) is 11.1 Å². The van der Waals surface area contributed by atoms with Gasteiger partial charge in [0.15, 0.2) is 5.75 Å². The zero-order valence-electron chi connectivity index (χ0n) is 17.5. The normalized spacial score (nSPS) is 15.7. The average molecular weight is 470 g/mol. The first kappa shape index (κ1) is 23.2. The molecular formula is C22H22Cl2FNO5. The van der Waals surface area contributed by atoms with Crippen molar-refractivity contribution in [2.24, 2.45) is 0 Å². The molecule has 2 aromatic rings. The second-order valence-electron chi connectivity index (χ2n) is 7.85. The molecule has 31 heavy (non-hydrogen) atoms. The molecule has 0 saturated heterocycles. The molecule has 0 saturated carbocycles. The number of carbonyl (C=O) groups is 2. The molecule has 1 aliphatic rings. The highest BCUT2D eigenvalue weighted by Crippen LogP contribution is 2.47. The summed E-state index contributed by atoms with van der Waals surface area (Å²) in [5.74, 6) is -1.23. The van der Waals surface area contributed by atoms with Gasteiger partial charge in [0.2, 0.25) is 6.10 Å². The molecule has 0 aromatic heterocycles. The minimum atomic E-state index is -1.15. The number of esters is 1. The molecule has 2 aromatic carbocycles. The Kier molecular flexibility index (Phi) is 6.67. The highest BCUT2D eigenvalue weighted by Gasteiger charge is 2.39. The van der Waals surface area contributed by atoms with Gasteiger partial charge in [-0.3, -0.25) is 4.90 Å². The van der Waals surface area contributed by atoms with Crippen molar-refractivity contribution in [3.05, 3.63) is 46.2 Å². The Morgan fingerprint density at radius 3 is 2.45 bits per heavy atom. The van der Waals surface area contributed by atoms with E-state index in [-0.39, 0.29) is 40.2 Å². The fraction of sp³-hybridized carbons (Fsp3) is 0.364. The fourth-order valence-corrected chi connectivity index (χ4v) is 3.74. The number of nitrogens with zero attached hydrogens (tertiary/aromatic N) is 1. The number of ether oxygens (including phenoxy) is 3. The molecule has 0 N–H and O–H groups in total. The lowest BCUT2D eigenvalue weighted by Gasteiger charge is -2.36. The molecule has 3 rings (SSSR count). The topological polar surface area (TPSA) is 65.1 Å². The Balaban J connectivity index is 2.20. The molecule has 1 heterocycles. The van der Waals surface area contributed by atoms with Gasteiger partial charge in [-0.05, 0) is 45.9 Å². The van der Waals surface area contributed by atoms with Crippen LogP contribution in [0, 0.1) is 5.82 Å². The van der Waals surface area contributed by atoms with Crippen LogP contribution in [-0.2, 0) is 14.3 Å². The van der Waals surface area contributed by atoms with E-state index in [9.17, 15) is 14.0 Å². The zero-order chi connectivity index (χ0) is 22.9. The van der Waals surface area contributed by atoms with Crippen LogP contribution >= 0.6 is 23.2 Å². The van der Waals surface area contributed by atoms with E-state index in [2.05, 4.69) is 0 Å². The summed E-state index contributed by atoms with van der Waals surface area (Å²) in [7, 11) is 0. The lowest BCUT2D eigenvalue weighted by molar-refractivity contribution is -0.151. The lowest BCUT2D eigenvalue weighted by Crippen LogP contribution is -2.49. The van der Waals surface area contributed by atoms with Crippen LogP contribution < -0.4 is 9.64 Å². The Bertz CT molecular complexity index is 1000. The molecule has 166 valence electrons. The molecule has 1 aliphatic heterocycles. The van der Waals surface area contributed by atoms with Crippen LogP contribution in [0.2, 0.25) is 10.0 Å². The predicted octanol–water partition coefficient (Wildman–Crippen LogP) is 5.87. The number of amides is 1. The van der Waals surface area contributed by atoms with Crippen molar-refractivity contribution < 1.29 is 28.2 Å². The van der Waals surface area contributed by atoms with Crippen LogP contribution in [0.4, 0.5) is 14.9 Å². The van der Waals surface area contributed by atoms with E-state index in [4.69, 9.17) is 37.4 Å². The van der Waals surface area contributed by atoms with Crippen LogP contribution in [0.1, 0.15) is 27.7 Å². The van der Waals surface area contributed by atoms with Gasteiger partial charge in [-0.15, -0.1) is 0 Å². The maximum atomic E-state index is 14.6. The summed E-state index contributed by atoms with van der Waals surface area (Å²) in [6.07, 6.45) is -1.90. The minimum absolute atomic E-state index is 0.0755. The average Bonchev–Trinajstić information content (AvgIpc) is 2.65. The summed E-state index contributed by atoms with van der Waals surface area (Å²) in [4.78, 5) is 26.5. The van der Waals surface area contributed by atoms with Crippen molar-refractivity contribution in [3.63, 3.8) is 0 Å². The molecule has 1 unspecified atom stereocenters. The number of fused-ring (bicyclic) bond motifs is 1. The molecule has 0 spiro atoms. The number of anilines is 1. The Morgan fingerprint density at radius 2 is 1.87 bits per heavy atom. The number of hydrogen-bond acceptors (Lipinski definition) is 5. The van der Waals surface area contributed by atoms with Gasteiger partial charge in [-0.1, -0.05) is 29.3 Å². The highest BCUT2D eigenvalue weighted by atomic mass is 35.5. The van der Waals surface area contributed by atoms with Crippen LogP contribution in [0.5, 0.6) is 5.75 Å². The molecule has 1 amide bonds. The maximum absolute atomic E-state index is 14.6. The van der Waals surface area contributed by atoms with Crippen molar-refractivity contribution in [2.45, 2.75) is 39.4 Å². The molecule has 0 aliphatic carbocycles. The van der Waals surface area contributed by atoms with E-state index in [0.29, 0.717) is 5.56 Å². The number of benzene rings is 2. The first-order valence-corrected chi connectivity index (χ1v) is 10.4. The van der Waals surface area contributed by atoms with Gasteiger partial charge in [-0.25, -0.2) is 14.0 Å². The van der Waals surface area contributed by atoms with Gasteiger partial charge in [0.25, 0.3) is 0 Å². The standard InChI is InChI=1S/C22H22Cl2FNO5/c1-5-29-20(27)17-11-26(21(28)31-22(2,3)4)16-10-12(25)9-13(19(16)30-17)18-14(23)7-6-8-15(18)24/h6-10,17H,5,11H2,1-4H3. The largest absolute Gasteiger partial charge is 0.474 e. The zero-order valence-corrected chi connectivity index (χ0v) is 19.0. The van der Waals surface area contributed by atoms with Gasteiger partial charge < -0.3 is 14.2 Å². The quantitative estimate of drug-likeness (QED) is 0.526. The Labute approximate surface area is 189 Å². The van der Waals surface area contributed by atoms with Crippen molar-refractivity contribution >= 4 is 41.0 Å². The molecule has 6 nitrogen and oxygen atoms in total. The first-order chi connectivity index (χ1) is 14.5. The molecule has 1 atom stereocenters. The smallest absolute Gasteiger partial charge is 0.415 e. The van der Waals surface area contributed by atoms with E-state index >= 15 is 0 Å². The van der Waals surface area contributed by atoms with Gasteiger partial charge in [0, 0.05) is 17.2 Å². The predicted molar refractivity (Wildman–Crippen MR) is 116 cm³/mol. The van der Waals surface area contributed by atoms with E-state index in [0.717, 1.165) is 11.0 Å². The Hall–Kier alpha value is -2.51. The maximum Gasteiger partial charge on any atom is 0.415 e. The number of carbonyl (C=O) groups excluding carboxylic acids is 2. The molecular weight excluding hydrogens is 448 g/mol. The van der Waals surface area contributed by atoms with Gasteiger partial charge in [0.1, 0.15) is 11.4 Å². The monoisotopic (exact) mass is 469 g/mol. The molecule has 0 radical (unpaired) electrons. The number of hydrogen-bond donors (Lipinski definition) is 0. The first-order valence-electron chi connectivity index (χ1n) is 9.63. The van der Waals surface area contributed by atoms with E-state index in [1.807, 2.05) is 0 Å². The summed E-state index contributed by atoms with van der Waals surface area (Å²) >= 11 is 12.7. The highest BCUT2D eigenvalue weighted by molar-refractivity contribution is 6.39. The lowest BCUT2D eigenvalue weighted by atomic mass is 10.0. The summed E-state index contributed by atoms with van der Waals surface area (Å²) in [5.41, 5.74) is -0.193. The van der Waals surface area contributed by atoms with Crippen LogP contribution in [0.15, 0.2) is 30.3 Å². The second kappa shape index (κ2) is 8.93. The Morgan fingerprint density at radius 1 is 1.23 bits per heavy atom. The molecule has 9 heteroatoms. The summed E-state index contributed by atoms with van der Waals surface area (Å²) < 4.78 is 31.1. The minimum Gasteiger partial charge on any atom is -0.474 e.